The summed E-state index contributed by atoms with van der Waals surface area (Å²) in [6.07, 6.45) is 1.98. The third-order valence-corrected chi connectivity index (χ3v) is 4.28. The van der Waals surface area contributed by atoms with Crippen molar-refractivity contribution in [3.63, 3.8) is 0 Å². The van der Waals surface area contributed by atoms with E-state index in [-0.39, 0.29) is 6.04 Å². The molecule has 1 aliphatic rings. The summed E-state index contributed by atoms with van der Waals surface area (Å²) in [4.78, 5) is 6.07. The first-order valence-corrected chi connectivity index (χ1v) is 6.44. The van der Waals surface area contributed by atoms with Crippen LogP contribution in [-0.2, 0) is 6.42 Å². The molecule has 0 amide bonds. The molecule has 0 spiro atoms. The zero-order chi connectivity index (χ0) is 11.1. The van der Waals surface area contributed by atoms with Gasteiger partial charge < -0.3 is 5.73 Å². The molecule has 1 atom stereocenters. The number of hydrogen-bond acceptors (Lipinski definition) is 3. The Kier molecular flexibility index (Phi) is 2.30. The fourth-order valence-electron chi connectivity index (χ4n) is 2.11. The molecule has 3 heteroatoms. The van der Waals surface area contributed by atoms with Gasteiger partial charge in [0.25, 0.3) is 0 Å². The summed E-state index contributed by atoms with van der Waals surface area (Å²) in [5, 5.41) is 1.09. The van der Waals surface area contributed by atoms with Crippen LogP contribution in [-0.4, -0.2) is 4.98 Å². The van der Waals surface area contributed by atoms with E-state index in [0.717, 1.165) is 17.8 Å². The van der Waals surface area contributed by atoms with Crippen LogP contribution in [0.25, 0.3) is 11.3 Å². The highest BCUT2D eigenvalue weighted by Crippen LogP contribution is 2.40. The first-order chi connectivity index (χ1) is 7.79. The summed E-state index contributed by atoms with van der Waals surface area (Å²) in [5.41, 5.74) is 9.88. The van der Waals surface area contributed by atoms with E-state index in [1.54, 1.807) is 11.3 Å². The van der Waals surface area contributed by atoms with Gasteiger partial charge in [-0.15, -0.1) is 11.3 Å². The Morgan fingerprint density at radius 1 is 1.44 bits per heavy atom. The van der Waals surface area contributed by atoms with E-state index in [2.05, 4.69) is 31.2 Å². The lowest BCUT2D eigenvalue weighted by atomic mass is 10.1. The molecular weight excluding hydrogens is 216 g/mol. The lowest BCUT2D eigenvalue weighted by Gasteiger charge is -2.03. The van der Waals surface area contributed by atoms with Crippen molar-refractivity contribution in [3.05, 3.63) is 39.7 Å². The van der Waals surface area contributed by atoms with Crippen molar-refractivity contribution < 1.29 is 0 Å². The molecule has 1 aromatic heterocycles. The van der Waals surface area contributed by atoms with E-state index in [0.29, 0.717) is 0 Å². The molecule has 0 radical (unpaired) electrons. The SMILES string of the molecule is CCC(N)c1nc2c(s1)Cc1ccccc1-2. The van der Waals surface area contributed by atoms with E-state index in [1.165, 1.54) is 21.7 Å². The molecule has 1 heterocycles. The molecule has 16 heavy (non-hydrogen) atoms. The van der Waals surface area contributed by atoms with Gasteiger partial charge in [0.2, 0.25) is 0 Å². The molecule has 1 unspecified atom stereocenters. The predicted octanol–water partition coefficient (Wildman–Crippen LogP) is 3.12. The van der Waals surface area contributed by atoms with Crippen LogP contribution < -0.4 is 5.73 Å². The minimum Gasteiger partial charge on any atom is -0.322 e. The molecule has 2 aromatic rings. The number of nitrogens with zero attached hydrogens (tertiary/aromatic N) is 1. The number of thiazole rings is 1. The van der Waals surface area contributed by atoms with Crippen molar-refractivity contribution in [3.8, 4) is 11.3 Å². The number of fused-ring (bicyclic) bond motifs is 3. The predicted molar refractivity (Wildman–Crippen MR) is 67.6 cm³/mol. The molecular formula is C13H14N2S. The lowest BCUT2D eigenvalue weighted by Crippen LogP contribution is -2.07. The Morgan fingerprint density at radius 2 is 2.25 bits per heavy atom. The second-order valence-electron chi connectivity index (χ2n) is 4.17. The summed E-state index contributed by atoms with van der Waals surface area (Å²) in [6, 6.07) is 8.61. The van der Waals surface area contributed by atoms with Crippen molar-refractivity contribution in [1.82, 2.24) is 4.98 Å². The Labute approximate surface area is 99.1 Å². The Hall–Kier alpha value is -1.19. The minimum absolute atomic E-state index is 0.0998. The summed E-state index contributed by atoms with van der Waals surface area (Å²) in [5.74, 6) is 0. The average molecular weight is 230 g/mol. The van der Waals surface area contributed by atoms with Crippen LogP contribution in [0.15, 0.2) is 24.3 Å². The highest BCUT2D eigenvalue weighted by atomic mass is 32.1. The molecule has 3 rings (SSSR count). The summed E-state index contributed by atoms with van der Waals surface area (Å²) < 4.78 is 0. The van der Waals surface area contributed by atoms with Crippen LogP contribution in [0, 0.1) is 0 Å². The van der Waals surface area contributed by atoms with Gasteiger partial charge in [-0.05, 0) is 12.0 Å². The first-order valence-electron chi connectivity index (χ1n) is 5.63. The second kappa shape index (κ2) is 3.68. The third kappa shape index (κ3) is 1.39. The molecule has 2 N–H and O–H groups in total. The number of aromatic nitrogens is 1. The van der Waals surface area contributed by atoms with Gasteiger partial charge in [0, 0.05) is 16.9 Å². The molecule has 0 saturated carbocycles. The van der Waals surface area contributed by atoms with Gasteiger partial charge >= 0.3 is 0 Å². The molecule has 82 valence electrons. The van der Waals surface area contributed by atoms with Gasteiger partial charge in [0.1, 0.15) is 5.01 Å². The highest BCUT2D eigenvalue weighted by Gasteiger charge is 2.23. The summed E-state index contributed by atoms with van der Waals surface area (Å²) in [7, 11) is 0. The van der Waals surface area contributed by atoms with Crippen molar-refractivity contribution in [1.29, 1.82) is 0 Å². The maximum atomic E-state index is 6.02. The second-order valence-corrected chi connectivity index (χ2v) is 5.29. The molecule has 2 nitrogen and oxygen atoms in total. The Balaban J connectivity index is 2.07. The monoisotopic (exact) mass is 230 g/mol. The number of benzene rings is 1. The molecule has 1 aliphatic carbocycles. The summed E-state index contributed by atoms with van der Waals surface area (Å²) >= 11 is 1.78. The van der Waals surface area contributed by atoms with Crippen molar-refractivity contribution in [2.75, 3.05) is 0 Å². The topological polar surface area (TPSA) is 38.9 Å². The van der Waals surface area contributed by atoms with E-state index in [4.69, 9.17) is 10.7 Å². The highest BCUT2D eigenvalue weighted by molar-refractivity contribution is 7.12. The van der Waals surface area contributed by atoms with Crippen LogP contribution in [0.4, 0.5) is 0 Å². The van der Waals surface area contributed by atoms with E-state index < -0.39 is 0 Å². The molecule has 0 fully saturated rings. The van der Waals surface area contributed by atoms with Gasteiger partial charge in [-0.2, -0.15) is 0 Å². The molecule has 1 aromatic carbocycles. The van der Waals surface area contributed by atoms with Crippen LogP contribution in [0.1, 0.15) is 34.8 Å². The first kappa shape index (κ1) is 10.00. The minimum atomic E-state index is 0.0998. The van der Waals surface area contributed by atoms with Crippen LogP contribution in [0.5, 0.6) is 0 Å². The largest absolute Gasteiger partial charge is 0.322 e. The smallest absolute Gasteiger partial charge is 0.110 e. The van der Waals surface area contributed by atoms with Crippen LogP contribution >= 0.6 is 11.3 Å². The number of rotatable bonds is 2. The zero-order valence-electron chi connectivity index (χ0n) is 9.23. The van der Waals surface area contributed by atoms with Crippen molar-refractivity contribution in [2.45, 2.75) is 25.8 Å². The maximum Gasteiger partial charge on any atom is 0.110 e. The van der Waals surface area contributed by atoms with Gasteiger partial charge in [-0.25, -0.2) is 4.98 Å². The Morgan fingerprint density at radius 3 is 3.06 bits per heavy atom. The molecule has 0 bridgehead atoms. The number of nitrogens with two attached hydrogens (primary N) is 1. The van der Waals surface area contributed by atoms with E-state index >= 15 is 0 Å². The normalized spacial score (nSPS) is 14.6. The van der Waals surface area contributed by atoms with E-state index in [9.17, 15) is 0 Å². The maximum absolute atomic E-state index is 6.02. The fourth-order valence-corrected chi connectivity index (χ4v) is 3.30. The van der Waals surface area contributed by atoms with Crippen molar-refractivity contribution in [2.24, 2.45) is 5.73 Å². The van der Waals surface area contributed by atoms with Gasteiger partial charge in [-0.1, -0.05) is 31.2 Å². The van der Waals surface area contributed by atoms with Gasteiger partial charge in [0.05, 0.1) is 11.7 Å². The van der Waals surface area contributed by atoms with Crippen LogP contribution in [0.2, 0.25) is 0 Å². The van der Waals surface area contributed by atoms with Gasteiger partial charge in [-0.3, -0.25) is 0 Å². The van der Waals surface area contributed by atoms with Gasteiger partial charge in [0.15, 0.2) is 0 Å². The molecule has 0 saturated heterocycles. The van der Waals surface area contributed by atoms with Crippen molar-refractivity contribution >= 4 is 11.3 Å². The van der Waals surface area contributed by atoms with Crippen LogP contribution in [0.3, 0.4) is 0 Å². The number of hydrogen-bond donors (Lipinski definition) is 1. The lowest BCUT2D eigenvalue weighted by molar-refractivity contribution is 0.693. The fraction of sp³-hybridized carbons (Fsp3) is 0.308. The third-order valence-electron chi connectivity index (χ3n) is 3.09. The average Bonchev–Trinajstić information content (AvgIpc) is 2.85. The zero-order valence-corrected chi connectivity index (χ0v) is 10.1. The standard InChI is InChI=1S/C13H14N2S/c1-2-10(14)13-15-12-9-6-4-3-5-8(9)7-11(12)16-13/h3-6,10H,2,7,14H2,1H3. The van der Waals surface area contributed by atoms with E-state index in [1.807, 2.05) is 0 Å². The Bertz CT molecular complexity index is 530. The molecule has 0 aliphatic heterocycles. The summed E-state index contributed by atoms with van der Waals surface area (Å²) in [6.45, 7) is 2.10. The quantitative estimate of drug-likeness (QED) is 0.734.